The van der Waals surface area contributed by atoms with Crippen LogP contribution in [0.3, 0.4) is 0 Å². The fourth-order valence-corrected chi connectivity index (χ4v) is 3.47. The van der Waals surface area contributed by atoms with Gasteiger partial charge in [0, 0.05) is 51.2 Å². The Kier molecular flexibility index (Phi) is 4.74. The summed E-state index contributed by atoms with van der Waals surface area (Å²) in [7, 11) is 0. The maximum Gasteiger partial charge on any atom is 0.327 e. The van der Waals surface area contributed by atoms with E-state index in [4.69, 9.17) is 0 Å². The van der Waals surface area contributed by atoms with Crippen LogP contribution >= 0.6 is 11.8 Å². The van der Waals surface area contributed by atoms with Gasteiger partial charge in [-0.1, -0.05) is 0 Å². The second-order valence-corrected chi connectivity index (χ2v) is 6.05. The molecule has 0 spiro atoms. The van der Waals surface area contributed by atoms with E-state index in [0.29, 0.717) is 38.5 Å². The minimum absolute atomic E-state index is 0.00915. The lowest BCUT2D eigenvalue weighted by molar-refractivity contribution is -0.141. The van der Waals surface area contributed by atoms with Gasteiger partial charge in [-0.25, -0.2) is 9.59 Å². The molecule has 20 heavy (non-hydrogen) atoms. The summed E-state index contributed by atoms with van der Waals surface area (Å²) in [5, 5.41) is 9.19. The average molecular weight is 301 g/mol. The number of rotatable bonds is 1. The molecular formula is C12H19N3O4S. The summed E-state index contributed by atoms with van der Waals surface area (Å²) in [5.74, 6) is 0.264. The Labute approximate surface area is 121 Å². The molecule has 0 aromatic heterocycles. The summed E-state index contributed by atoms with van der Waals surface area (Å²) < 4.78 is 0. The predicted octanol–water partition coefficient (Wildman–Crippen LogP) is -0.227. The van der Waals surface area contributed by atoms with Gasteiger partial charge in [-0.15, -0.1) is 0 Å². The van der Waals surface area contributed by atoms with E-state index in [9.17, 15) is 19.5 Å². The van der Waals surface area contributed by atoms with Crippen molar-refractivity contribution in [1.29, 1.82) is 0 Å². The van der Waals surface area contributed by atoms with Crippen LogP contribution in [-0.2, 0) is 9.59 Å². The lowest BCUT2D eigenvalue weighted by atomic mass is 10.2. The van der Waals surface area contributed by atoms with E-state index < -0.39 is 12.0 Å². The van der Waals surface area contributed by atoms with E-state index in [1.165, 1.54) is 11.8 Å². The normalized spacial score (nSPS) is 23.6. The number of carboxylic acids is 1. The number of hydrogen-bond donors (Lipinski definition) is 1. The summed E-state index contributed by atoms with van der Waals surface area (Å²) in [4.78, 5) is 39.7. The predicted molar refractivity (Wildman–Crippen MR) is 74.7 cm³/mol. The molecule has 0 bridgehead atoms. The van der Waals surface area contributed by atoms with Crippen LogP contribution < -0.4 is 0 Å². The molecule has 2 rings (SSSR count). The number of thioether (sulfide) groups is 1. The molecule has 2 aliphatic heterocycles. The van der Waals surface area contributed by atoms with Crippen molar-refractivity contribution in [2.24, 2.45) is 0 Å². The molecule has 0 aliphatic carbocycles. The van der Waals surface area contributed by atoms with Crippen LogP contribution in [0.4, 0.5) is 4.79 Å². The third-order valence-electron chi connectivity index (χ3n) is 3.65. The molecule has 0 aromatic carbocycles. The summed E-state index contributed by atoms with van der Waals surface area (Å²) >= 11 is 1.56. The van der Waals surface area contributed by atoms with Gasteiger partial charge in [0.25, 0.3) is 0 Å². The van der Waals surface area contributed by atoms with Crippen molar-refractivity contribution in [1.82, 2.24) is 14.7 Å². The molecule has 2 fully saturated rings. The summed E-state index contributed by atoms with van der Waals surface area (Å²) in [5.41, 5.74) is 0. The van der Waals surface area contributed by atoms with Gasteiger partial charge in [0.05, 0.1) is 0 Å². The smallest absolute Gasteiger partial charge is 0.327 e. The third-order valence-corrected chi connectivity index (χ3v) is 4.68. The summed E-state index contributed by atoms with van der Waals surface area (Å²) in [6.07, 6.45) is 0. The molecule has 112 valence electrons. The highest BCUT2D eigenvalue weighted by Gasteiger charge is 2.35. The van der Waals surface area contributed by atoms with Gasteiger partial charge in [0.1, 0.15) is 6.04 Å². The van der Waals surface area contributed by atoms with Gasteiger partial charge in [-0.3, -0.25) is 4.79 Å². The van der Waals surface area contributed by atoms with Crippen molar-refractivity contribution in [2.45, 2.75) is 13.0 Å². The van der Waals surface area contributed by atoms with Crippen LogP contribution in [0.2, 0.25) is 0 Å². The zero-order chi connectivity index (χ0) is 14.7. The number of piperazine rings is 1. The molecule has 0 radical (unpaired) electrons. The van der Waals surface area contributed by atoms with Crippen LogP contribution in [0.25, 0.3) is 0 Å². The van der Waals surface area contributed by atoms with Crippen LogP contribution in [0.5, 0.6) is 0 Å². The highest BCUT2D eigenvalue weighted by Crippen LogP contribution is 2.19. The third kappa shape index (κ3) is 3.17. The molecule has 3 amide bonds. The first-order chi connectivity index (χ1) is 9.50. The first-order valence-electron chi connectivity index (χ1n) is 6.62. The van der Waals surface area contributed by atoms with E-state index in [0.717, 1.165) is 5.75 Å². The van der Waals surface area contributed by atoms with Crippen molar-refractivity contribution < 1.29 is 19.5 Å². The molecule has 2 saturated heterocycles. The number of carbonyl (C=O) groups is 3. The monoisotopic (exact) mass is 301 g/mol. The van der Waals surface area contributed by atoms with Crippen LogP contribution in [-0.4, -0.2) is 88.0 Å². The number of urea groups is 1. The largest absolute Gasteiger partial charge is 0.480 e. The quantitative estimate of drug-likeness (QED) is 0.724. The van der Waals surface area contributed by atoms with Crippen LogP contribution in [0.1, 0.15) is 6.92 Å². The molecule has 2 aliphatic rings. The van der Waals surface area contributed by atoms with E-state index in [2.05, 4.69) is 0 Å². The van der Waals surface area contributed by atoms with Gasteiger partial charge in [-0.2, -0.15) is 11.8 Å². The van der Waals surface area contributed by atoms with E-state index >= 15 is 0 Å². The molecule has 2 heterocycles. The molecule has 0 saturated carbocycles. The lowest BCUT2D eigenvalue weighted by Gasteiger charge is -2.40. The second-order valence-electron chi connectivity index (χ2n) is 4.90. The Hall–Kier alpha value is -1.44. The molecular weight excluding hydrogens is 282 g/mol. The number of aliphatic carboxylic acids is 1. The molecule has 1 N–H and O–H groups in total. The number of nitrogens with zero attached hydrogens (tertiary/aromatic N) is 3. The van der Waals surface area contributed by atoms with Crippen molar-refractivity contribution >= 4 is 29.7 Å². The second kappa shape index (κ2) is 6.34. The molecule has 8 heteroatoms. The molecule has 1 atom stereocenters. The van der Waals surface area contributed by atoms with Gasteiger partial charge < -0.3 is 19.8 Å². The maximum atomic E-state index is 12.4. The average Bonchev–Trinajstić information content (AvgIpc) is 2.46. The minimum Gasteiger partial charge on any atom is -0.480 e. The number of carbonyl (C=O) groups excluding carboxylic acids is 2. The number of carboxylic acid groups (broad SMARTS) is 1. The van der Waals surface area contributed by atoms with Crippen molar-refractivity contribution in [3.8, 4) is 0 Å². The van der Waals surface area contributed by atoms with Crippen molar-refractivity contribution in [3.05, 3.63) is 0 Å². The fraction of sp³-hybridized carbons (Fsp3) is 0.750. The first kappa shape index (κ1) is 15.0. The first-order valence-corrected chi connectivity index (χ1v) is 7.78. The van der Waals surface area contributed by atoms with E-state index in [1.807, 2.05) is 0 Å². The number of hydrogen-bond acceptors (Lipinski definition) is 4. The Morgan fingerprint density at radius 1 is 1.05 bits per heavy atom. The molecule has 0 aromatic rings. The minimum atomic E-state index is -0.951. The van der Waals surface area contributed by atoms with E-state index in [-0.39, 0.29) is 11.9 Å². The van der Waals surface area contributed by atoms with Gasteiger partial charge in [-0.05, 0) is 0 Å². The zero-order valence-electron chi connectivity index (χ0n) is 11.4. The Morgan fingerprint density at radius 3 is 2.20 bits per heavy atom. The van der Waals surface area contributed by atoms with E-state index in [1.54, 1.807) is 21.6 Å². The Balaban J connectivity index is 1.97. The highest BCUT2D eigenvalue weighted by atomic mass is 32.2. The topological polar surface area (TPSA) is 81.2 Å². The maximum absolute atomic E-state index is 12.4. The lowest BCUT2D eigenvalue weighted by Crippen LogP contribution is -2.58. The SMILES string of the molecule is CC(=O)N1CCN(C(=O)N2CCSCC2C(=O)O)CC1. The zero-order valence-corrected chi connectivity index (χ0v) is 12.3. The fourth-order valence-electron chi connectivity index (χ4n) is 2.43. The van der Waals surface area contributed by atoms with Crippen LogP contribution in [0.15, 0.2) is 0 Å². The van der Waals surface area contributed by atoms with Crippen molar-refractivity contribution in [2.75, 3.05) is 44.2 Å². The summed E-state index contributed by atoms with van der Waals surface area (Å²) in [6, 6.07) is -0.965. The van der Waals surface area contributed by atoms with Gasteiger partial charge >= 0.3 is 12.0 Å². The van der Waals surface area contributed by atoms with Crippen molar-refractivity contribution in [3.63, 3.8) is 0 Å². The molecule has 7 nitrogen and oxygen atoms in total. The summed E-state index contributed by atoms with van der Waals surface area (Å²) in [6.45, 7) is 3.94. The standard InChI is InChI=1S/C12H19N3O4S/c1-9(16)13-2-4-14(5-3-13)12(19)15-6-7-20-8-10(15)11(17)18/h10H,2-8H2,1H3,(H,17,18). The van der Waals surface area contributed by atoms with Gasteiger partial charge in [0.2, 0.25) is 5.91 Å². The highest BCUT2D eigenvalue weighted by molar-refractivity contribution is 7.99. The van der Waals surface area contributed by atoms with Gasteiger partial charge in [0.15, 0.2) is 0 Å². The Morgan fingerprint density at radius 2 is 1.65 bits per heavy atom. The Bertz CT molecular complexity index is 410. The molecule has 1 unspecified atom stereocenters. The number of amides is 3. The van der Waals surface area contributed by atoms with Crippen LogP contribution in [0, 0.1) is 0 Å².